The van der Waals surface area contributed by atoms with Crippen molar-refractivity contribution >= 4 is 44.8 Å². The van der Waals surface area contributed by atoms with Crippen LogP contribution in [0.3, 0.4) is 0 Å². The summed E-state index contributed by atoms with van der Waals surface area (Å²) in [5, 5.41) is 15.4. The molecule has 0 spiro atoms. The zero-order valence-corrected chi connectivity index (χ0v) is 15.5. The van der Waals surface area contributed by atoms with Crippen molar-refractivity contribution in [3.63, 3.8) is 0 Å². The summed E-state index contributed by atoms with van der Waals surface area (Å²) in [7, 11) is 0. The summed E-state index contributed by atoms with van der Waals surface area (Å²) in [4.78, 5) is 12.2. The van der Waals surface area contributed by atoms with Crippen LogP contribution in [0.2, 0.25) is 5.02 Å². The van der Waals surface area contributed by atoms with Gasteiger partial charge in [0.2, 0.25) is 0 Å². The number of amides is 1. The molecule has 122 valence electrons. The Morgan fingerprint density at radius 1 is 1.21 bits per heavy atom. The van der Waals surface area contributed by atoms with Crippen molar-refractivity contribution in [3.05, 3.63) is 68.8 Å². The van der Waals surface area contributed by atoms with E-state index in [4.69, 9.17) is 11.6 Å². The van der Waals surface area contributed by atoms with Crippen LogP contribution in [-0.4, -0.2) is 5.91 Å². The van der Waals surface area contributed by atoms with Gasteiger partial charge in [-0.1, -0.05) is 33.6 Å². The third-order valence-electron chi connectivity index (χ3n) is 3.36. The van der Waals surface area contributed by atoms with Crippen molar-refractivity contribution in [2.24, 2.45) is 0 Å². The first kappa shape index (κ1) is 18.1. The van der Waals surface area contributed by atoms with E-state index in [1.165, 1.54) is 6.20 Å². The van der Waals surface area contributed by atoms with E-state index < -0.39 is 5.91 Å². The third-order valence-corrected chi connectivity index (χ3v) is 4.26. The monoisotopic (exact) mass is 403 g/mol. The Hall–Kier alpha value is -2.29. The molecule has 2 aromatic carbocycles. The zero-order chi connectivity index (χ0) is 17.7. The lowest BCUT2D eigenvalue weighted by atomic mass is 10.2. The van der Waals surface area contributed by atoms with E-state index in [2.05, 4.69) is 26.6 Å². The van der Waals surface area contributed by atoms with E-state index in [9.17, 15) is 10.1 Å². The minimum absolute atomic E-state index is 0.0333. The lowest BCUT2D eigenvalue weighted by molar-refractivity contribution is -0.112. The minimum atomic E-state index is -0.500. The van der Waals surface area contributed by atoms with Gasteiger partial charge in [-0.05, 0) is 55.3 Å². The smallest absolute Gasteiger partial charge is 0.267 e. The second kappa shape index (κ2) is 8.00. The zero-order valence-electron chi connectivity index (χ0n) is 13.2. The number of nitriles is 1. The van der Waals surface area contributed by atoms with Gasteiger partial charge < -0.3 is 10.6 Å². The highest BCUT2D eigenvalue weighted by molar-refractivity contribution is 9.10. The summed E-state index contributed by atoms with van der Waals surface area (Å²) >= 11 is 9.43. The van der Waals surface area contributed by atoms with Crippen molar-refractivity contribution in [2.45, 2.75) is 13.8 Å². The van der Waals surface area contributed by atoms with Gasteiger partial charge in [0.1, 0.15) is 11.6 Å². The fourth-order valence-corrected chi connectivity index (χ4v) is 2.61. The normalized spacial score (nSPS) is 10.9. The molecule has 0 saturated carbocycles. The largest absolute Gasteiger partial charge is 0.360 e. The molecule has 1 amide bonds. The molecule has 0 bridgehead atoms. The summed E-state index contributed by atoms with van der Waals surface area (Å²) < 4.78 is 0.962. The number of rotatable bonds is 4. The van der Waals surface area contributed by atoms with Crippen LogP contribution in [0.25, 0.3) is 0 Å². The van der Waals surface area contributed by atoms with Gasteiger partial charge in [-0.2, -0.15) is 5.26 Å². The lowest BCUT2D eigenvalue weighted by Gasteiger charge is -2.08. The van der Waals surface area contributed by atoms with E-state index in [0.717, 1.165) is 21.3 Å². The van der Waals surface area contributed by atoms with Crippen LogP contribution in [0.1, 0.15) is 11.1 Å². The standard InChI is InChI=1S/C18H15BrClN3O/c1-11-3-5-15(8-16(11)20)23-18(24)13(9-21)10-22-17-6-4-14(19)7-12(17)2/h3-8,10,22H,1-2H3,(H,23,24)/b13-10-. The Bertz CT molecular complexity index is 856. The molecular weight excluding hydrogens is 390 g/mol. The van der Waals surface area contributed by atoms with E-state index >= 15 is 0 Å². The number of nitrogens with one attached hydrogen (secondary N) is 2. The Morgan fingerprint density at radius 2 is 1.96 bits per heavy atom. The van der Waals surface area contributed by atoms with Crippen molar-refractivity contribution in [1.29, 1.82) is 5.26 Å². The lowest BCUT2D eigenvalue weighted by Crippen LogP contribution is -2.14. The summed E-state index contributed by atoms with van der Waals surface area (Å²) in [5.74, 6) is -0.500. The van der Waals surface area contributed by atoms with Gasteiger partial charge in [-0.3, -0.25) is 4.79 Å². The quantitative estimate of drug-likeness (QED) is 0.545. The fourth-order valence-electron chi connectivity index (χ4n) is 1.96. The molecule has 0 fully saturated rings. The molecule has 4 nitrogen and oxygen atoms in total. The van der Waals surface area contributed by atoms with Crippen molar-refractivity contribution < 1.29 is 4.79 Å². The second-order valence-electron chi connectivity index (χ2n) is 5.19. The average Bonchev–Trinajstić information content (AvgIpc) is 2.53. The molecule has 0 radical (unpaired) electrons. The van der Waals surface area contributed by atoms with Crippen LogP contribution in [0.5, 0.6) is 0 Å². The second-order valence-corrected chi connectivity index (χ2v) is 6.51. The molecule has 2 rings (SSSR count). The molecular formula is C18H15BrClN3O. The molecule has 24 heavy (non-hydrogen) atoms. The number of nitrogens with zero attached hydrogens (tertiary/aromatic N) is 1. The Kier molecular flexibility index (Phi) is 6.02. The number of hydrogen-bond donors (Lipinski definition) is 2. The molecule has 0 aliphatic carbocycles. The predicted octanol–water partition coefficient (Wildman–Crippen LogP) is 5.18. The Morgan fingerprint density at radius 3 is 2.58 bits per heavy atom. The molecule has 0 saturated heterocycles. The number of benzene rings is 2. The number of aryl methyl sites for hydroxylation is 2. The number of carbonyl (C=O) groups is 1. The van der Waals surface area contributed by atoms with E-state index in [0.29, 0.717) is 10.7 Å². The van der Waals surface area contributed by atoms with E-state index in [-0.39, 0.29) is 5.57 Å². The SMILES string of the molecule is Cc1ccc(NC(=O)/C(C#N)=C\Nc2ccc(Br)cc2C)cc1Cl. The minimum Gasteiger partial charge on any atom is -0.360 e. The third kappa shape index (κ3) is 4.60. The molecule has 6 heteroatoms. The van der Waals surface area contributed by atoms with Crippen LogP contribution >= 0.6 is 27.5 Å². The molecule has 2 aromatic rings. The maximum Gasteiger partial charge on any atom is 0.267 e. The van der Waals surface area contributed by atoms with Crippen LogP contribution in [0.4, 0.5) is 11.4 Å². The fraction of sp³-hybridized carbons (Fsp3) is 0.111. The highest BCUT2D eigenvalue weighted by Crippen LogP contribution is 2.21. The highest BCUT2D eigenvalue weighted by Gasteiger charge is 2.10. The van der Waals surface area contributed by atoms with Gasteiger partial charge in [-0.15, -0.1) is 0 Å². The van der Waals surface area contributed by atoms with E-state index in [1.54, 1.807) is 18.2 Å². The topological polar surface area (TPSA) is 64.9 Å². The summed E-state index contributed by atoms with van der Waals surface area (Å²) in [6.07, 6.45) is 1.39. The molecule has 0 heterocycles. The number of carbonyl (C=O) groups excluding carboxylic acids is 1. The first-order valence-corrected chi connectivity index (χ1v) is 8.28. The maximum absolute atomic E-state index is 12.2. The van der Waals surface area contributed by atoms with Gasteiger partial charge in [0, 0.05) is 27.1 Å². The number of halogens is 2. The van der Waals surface area contributed by atoms with Gasteiger partial charge >= 0.3 is 0 Å². The van der Waals surface area contributed by atoms with Crippen molar-refractivity contribution in [1.82, 2.24) is 0 Å². The molecule has 0 unspecified atom stereocenters. The van der Waals surface area contributed by atoms with E-state index in [1.807, 2.05) is 38.1 Å². The van der Waals surface area contributed by atoms with Crippen molar-refractivity contribution in [3.8, 4) is 6.07 Å². The maximum atomic E-state index is 12.2. The molecule has 2 N–H and O–H groups in total. The van der Waals surface area contributed by atoms with Gasteiger partial charge in [0.05, 0.1) is 0 Å². The first-order valence-electron chi connectivity index (χ1n) is 7.11. The van der Waals surface area contributed by atoms with Crippen LogP contribution in [0.15, 0.2) is 52.6 Å². The van der Waals surface area contributed by atoms with Crippen LogP contribution in [-0.2, 0) is 4.79 Å². The summed E-state index contributed by atoms with van der Waals surface area (Å²) in [6.45, 7) is 3.81. The highest BCUT2D eigenvalue weighted by atomic mass is 79.9. The Balaban J connectivity index is 2.13. The summed E-state index contributed by atoms with van der Waals surface area (Å²) in [6, 6.07) is 12.8. The Labute approximate surface area is 154 Å². The average molecular weight is 405 g/mol. The van der Waals surface area contributed by atoms with Crippen molar-refractivity contribution in [2.75, 3.05) is 10.6 Å². The molecule has 0 atom stereocenters. The van der Waals surface area contributed by atoms with Gasteiger partial charge in [-0.25, -0.2) is 0 Å². The molecule has 0 aliphatic heterocycles. The number of hydrogen-bond acceptors (Lipinski definition) is 3. The van der Waals surface area contributed by atoms with Crippen LogP contribution in [0, 0.1) is 25.2 Å². The first-order chi connectivity index (χ1) is 11.4. The summed E-state index contributed by atoms with van der Waals surface area (Å²) in [5.41, 5.74) is 3.23. The molecule has 0 aromatic heterocycles. The van der Waals surface area contributed by atoms with Gasteiger partial charge in [0.25, 0.3) is 5.91 Å². The molecule has 0 aliphatic rings. The van der Waals surface area contributed by atoms with Crippen LogP contribution < -0.4 is 10.6 Å². The predicted molar refractivity (Wildman–Crippen MR) is 101 cm³/mol. The number of anilines is 2. The van der Waals surface area contributed by atoms with Gasteiger partial charge in [0.15, 0.2) is 0 Å².